The molecule has 0 bridgehead atoms. The van der Waals surface area contributed by atoms with Gasteiger partial charge >= 0.3 is 0 Å². The van der Waals surface area contributed by atoms with Crippen LogP contribution in [0.1, 0.15) is 11.0 Å². The highest BCUT2D eigenvalue weighted by Gasteiger charge is 2.21. The van der Waals surface area contributed by atoms with Gasteiger partial charge in [0.1, 0.15) is 22.5 Å². The van der Waals surface area contributed by atoms with E-state index < -0.39 is 24.2 Å². The topological polar surface area (TPSA) is 26.3 Å². The van der Waals surface area contributed by atoms with Crippen LogP contribution in [0.5, 0.6) is 0 Å². The standard InChI is InChI=1S/C46H28O2/c1-4-14-29(15-5-1)43-33-20-10-12-22-35(33)44(36-23-13-11-21-34(36)43)32-24-25-40-37(26-32)38-27-42-39(28-41(38)47-40)45(30-16-6-2-7-17-30)46(48-42)31-18-8-3-9-19-31/h1-28H/i10D,11D,12D,13D,20D,21D,22D,23D. The lowest BCUT2D eigenvalue weighted by Crippen LogP contribution is -1.90. The summed E-state index contributed by atoms with van der Waals surface area (Å²) in [7, 11) is 0. The first-order valence-corrected chi connectivity index (χ1v) is 15.7. The van der Waals surface area contributed by atoms with E-state index in [0.29, 0.717) is 38.8 Å². The molecule has 0 saturated heterocycles. The maximum Gasteiger partial charge on any atom is 0.143 e. The summed E-state index contributed by atoms with van der Waals surface area (Å²) < 4.78 is 84.9. The van der Waals surface area contributed by atoms with Crippen molar-refractivity contribution in [3.05, 3.63) is 170 Å². The quantitative estimate of drug-likeness (QED) is 0.183. The number of furan rings is 2. The molecule has 0 aliphatic rings. The van der Waals surface area contributed by atoms with E-state index in [-0.39, 0.29) is 51.3 Å². The molecule has 0 spiro atoms. The largest absolute Gasteiger partial charge is 0.456 e. The minimum Gasteiger partial charge on any atom is -0.456 e. The van der Waals surface area contributed by atoms with Gasteiger partial charge in [-0.1, -0.05) is 145 Å². The molecule has 0 N–H and O–H groups in total. The molecule has 2 aromatic heterocycles. The Hall–Kier alpha value is -6.38. The third kappa shape index (κ3) is 4.06. The number of hydrogen-bond donors (Lipinski definition) is 0. The predicted molar refractivity (Wildman–Crippen MR) is 200 cm³/mol. The highest BCUT2D eigenvalue weighted by Crippen LogP contribution is 2.46. The van der Waals surface area contributed by atoms with Gasteiger partial charge in [0, 0.05) is 27.3 Å². The van der Waals surface area contributed by atoms with E-state index in [2.05, 4.69) is 0 Å². The van der Waals surface area contributed by atoms with Gasteiger partial charge < -0.3 is 8.83 Å². The lowest BCUT2D eigenvalue weighted by Gasteiger charge is -2.17. The Morgan fingerprint density at radius 3 is 1.38 bits per heavy atom. The van der Waals surface area contributed by atoms with E-state index in [4.69, 9.17) is 14.3 Å². The summed E-state index contributed by atoms with van der Waals surface area (Å²) in [6.07, 6.45) is 0. The van der Waals surface area contributed by atoms with Gasteiger partial charge in [-0.25, -0.2) is 0 Å². The molecule has 0 saturated carbocycles. The van der Waals surface area contributed by atoms with Gasteiger partial charge in [-0.2, -0.15) is 0 Å². The summed E-state index contributed by atoms with van der Waals surface area (Å²) in [6.45, 7) is 0. The Balaban J connectivity index is 1.33. The van der Waals surface area contributed by atoms with E-state index >= 15 is 0 Å². The van der Waals surface area contributed by atoms with Crippen LogP contribution in [0.3, 0.4) is 0 Å². The van der Waals surface area contributed by atoms with E-state index in [9.17, 15) is 5.48 Å². The van der Waals surface area contributed by atoms with Crippen molar-refractivity contribution in [1.82, 2.24) is 0 Å². The third-order valence-corrected chi connectivity index (χ3v) is 9.10. The second-order valence-corrected chi connectivity index (χ2v) is 11.8. The van der Waals surface area contributed by atoms with Crippen LogP contribution in [0.4, 0.5) is 0 Å². The summed E-state index contributed by atoms with van der Waals surface area (Å²) in [5, 5.41) is 2.99. The van der Waals surface area contributed by atoms with Crippen LogP contribution in [0.15, 0.2) is 179 Å². The fraction of sp³-hybridized carbons (Fsp3) is 0. The van der Waals surface area contributed by atoms with E-state index in [1.165, 1.54) is 0 Å². The molecule has 8 aromatic carbocycles. The molecule has 10 aromatic rings. The summed E-state index contributed by atoms with van der Waals surface area (Å²) in [5.41, 5.74) is 6.35. The number of hydrogen-bond acceptors (Lipinski definition) is 2. The van der Waals surface area contributed by atoms with Gasteiger partial charge in [-0.3, -0.25) is 0 Å². The van der Waals surface area contributed by atoms with Crippen molar-refractivity contribution in [3.63, 3.8) is 0 Å². The molecule has 2 heterocycles. The van der Waals surface area contributed by atoms with Crippen molar-refractivity contribution in [2.45, 2.75) is 0 Å². The van der Waals surface area contributed by atoms with Gasteiger partial charge in [0.15, 0.2) is 0 Å². The lowest BCUT2D eigenvalue weighted by molar-refractivity contribution is 0.632. The molecule has 0 radical (unpaired) electrons. The molecule has 0 aliphatic heterocycles. The molecular weight excluding hydrogens is 585 g/mol. The minimum atomic E-state index is -0.443. The van der Waals surface area contributed by atoms with Crippen molar-refractivity contribution in [2.75, 3.05) is 0 Å². The maximum absolute atomic E-state index is 9.28. The third-order valence-electron chi connectivity index (χ3n) is 9.10. The van der Waals surface area contributed by atoms with E-state index in [0.717, 1.165) is 33.2 Å². The average Bonchev–Trinajstić information content (AvgIpc) is 3.79. The van der Waals surface area contributed by atoms with Gasteiger partial charge in [0.05, 0.1) is 11.0 Å². The van der Waals surface area contributed by atoms with Crippen molar-refractivity contribution < 1.29 is 19.8 Å². The SMILES string of the molecule is [2H]c1c([2H])c([2H])c2c(-c3ccc4oc5cc6c(-c7ccccc7)c(-c7ccccc7)oc6cc5c4c3)c3c([2H])c([2H])c([2H])c([2H])c3c(-c3ccccc3)c2c1[2H]. The zero-order valence-corrected chi connectivity index (χ0v) is 25.4. The first-order valence-electron chi connectivity index (χ1n) is 19.7. The molecule has 2 nitrogen and oxygen atoms in total. The van der Waals surface area contributed by atoms with Crippen molar-refractivity contribution in [1.29, 1.82) is 0 Å². The first kappa shape index (κ1) is 20.0. The van der Waals surface area contributed by atoms with Gasteiger partial charge in [-0.05, 0) is 73.6 Å². The first-order chi connectivity index (χ1) is 27.1. The molecule has 48 heavy (non-hydrogen) atoms. The predicted octanol–water partition coefficient (Wildman–Crippen LogP) is 13.3. The van der Waals surface area contributed by atoms with Crippen LogP contribution >= 0.6 is 0 Å². The normalized spacial score (nSPS) is 14.1. The van der Waals surface area contributed by atoms with Crippen LogP contribution in [0.25, 0.3) is 99.2 Å². The van der Waals surface area contributed by atoms with Gasteiger partial charge in [0.2, 0.25) is 0 Å². The van der Waals surface area contributed by atoms with Crippen molar-refractivity contribution in [2.24, 2.45) is 0 Å². The molecule has 224 valence electrons. The van der Waals surface area contributed by atoms with Crippen LogP contribution < -0.4 is 0 Å². The Bertz CT molecular complexity index is 3180. The second kappa shape index (κ2) is 10.6. The number of fused-ring (bicyclic) bond motifs is 6. The molecule has 0 unspecified atom stereocenters. The lowest BCUT2D eigenvalue weighted by atomic mass is 9.86. The Kier molecular flexibility index (Phi) is 4.41. The zero-order chi connectivity index (χ0) is 38.6. The summed E-state index contributed by atoms with van der Waals surface area (Å²) >= 11 is 0. The summed E-state index contributed by atoms with van der Waals surface area (Å²) in [5.74, 6) is 0.726. The molecule has 2 heteroatoms. The van der Waals surface area contributed by atoms with Crippen LogP contribution in [-0.4, -0.2) is 0 Å². The van der Waals surface area contributed by atoms with Gasteiger partial charge in [-0.15, -0.1) is 0 Å². The van der Waals surface area contributed by atoms with Crippen molar-refractivity contribution in [3.8, 4) is 44.7 Å². The molecule has 0 aliphatic carbocycles. The van der Waals surface area contributed by atoms with Crippen LogP contribution in [0.2, 0.25) is 0 Å². The fourth-order valence-electron chi connectivity index (χ4n) is 7.01. The highest BCUT2D eigenvalue weighted by molar-refractivity contribution is 6.22. The summed E-state index contributed by atoms with van der Waals surface area (Å²) in [4.78, 5) is 0. The van der Waals surface area contributed by atoms with Gasteiger partial charge in [0.25, 0.3) is 0 Å². The summed E-state index contributed by atoms with van der Waals surface area (Å²) in [6, 6.07) is 35.3. The zero-order valence-electron chi connectivity index (χ0n) is 33.4. The Morgan fingerprint density at radius 1 is 0.333 bits per heavy atom. The Labute approximate surface area is 288 Å². The maximum atomic E-state index is 9.28. The minimum absolute atomic E-state index is 0.160. The second-order valence-electron chi connectivity index (χ2n) is 11.8. The Morgan fingerprint density at radius 2 is 0.792 bits per heavy atom. The van der Waals surface area contributed by atoms with E-state index in [1.54, 1.807) is 36.4 Å². The fourth-order valence-corrected chi connectivity index (χ4v) is 7.01. The van der Waals surface area contributed by atoms with Crippen molar-refractivity contribution >= 4 is 54.5 Å². The monoisotopic (exact) mass is 620 g/mol. The smallest absolute Gasteiger partial charge is 0.143 e. The van der Waals surface area contributed by atoms with Crippen LogP contribution in [-0.2, 0) is 0 Å². The molecular formula is C46H28O2. The van der Waals surface area contributed by atoms with E-state index in [1.807, 2.05) is 84.9 Å². The molecule has 0 amide bonds. The molecule has 10 rings (SSSR count). The number of benzene rings is 8. The number of rotatable bonds is 4. The highest BCUT2D eigenvalue weighted by atomic mass is 16.3. The average molecular weight is 621 g/mol. The molecule has 0 atom stereocenters. The molecule has 0 fully saturated rings. The van der Waals surface area contributed by atoms with Crippen LogP contribution in [0, 0.1) is 0 Å².